The van der Waals surface area contributed by atoms with E-state index >= 15 is 0 Å². The summed E-state index contributed by atoms with van der Waals surface area (Å²) in [6.07, 6.45) is 6.25. The smallest absolute Gasteiger partial charge is 0.0869 e. The lowest BCUT2D eigenvalue weighted by atomic mass is 10.2. The zero-order valence-corrected chi connectivity index (χ0v) is 5.60. The van der Waals surface area contributed by atoms with E-state index in [1.54, 1.807) is 12.2 Å². The van der Waals surface area contributed by atoms with Crippen LogP contribution in [0, 0.1) is 0 Å². The first-order valence-electron chi connectivity index (χ1n) is 2.93. The summed E-state index contributed by atoms with van der Waals surface area (Å²) in [5, 5.41) is 0. The zero-order chi connectivity index (χ0) is 7.11. The van der Waals surface area contributed by atoms with Crippen molar-refractivity contribution in [1.29, 1.82) is 0 Å². The maximum absolute atomic E-state index is 11.5. The Morgan fingerprint density at radius 2 is 2.33 bits per heavy atom. The molecule has 0 heterocycles. The molecule has 0 radical (unpaired) electrons. The molecular weight excluding hydrogens is 115 g/mol. The molecule has 0 bridgehead atoms. The molecule has 0 atom stereocenters. The minimum atomic E-state index is 0.541. The fourth-order valence-corrected chi connectivity index (χ4v) is 0.524. The van der Waals surface area contributed by atoms with Gasteiger partial charge in [0.15, 0.2) is 0 Å². The van der Waals surface area contributed by atoms with Crippen molar-refractivity contribution in [2.75, 3.05) is 0 Å². The molecule has 0 aromatic rings. The van der Waals surface area contributed by atoms with Gasteiger partial charge in [0, 0.05) is 0 Å². The molecule has 0 spiro atoms. The highest BCUT2D eigenvalue weighted by Crippen LogP contribution is 2.01. The van der Waals surface area contributed by atoms with Crippen LogP contribution in [0.1, 0.15) is 13.3 Å². The maximum Gasteiger partial charge on any atom is 0.0869 e. The Morgan fingerprint density at radius 1 is 1.67 bits per heavy atom. The van der Waals surface area contributed by atoms with E-state index in [0.29, 0.717) is 6.33 Å². The zero-order valence-electron chi connectivity index (χ0n) is 5.60. The minimum Gasteiger partial charge on any atom is -0.216 e. The van der Waals surface area contributed by atoms with Gasteiger partial charge in [-0.25, -0.2) is 4.39 Å². The first-order chi connectivity index (χ1) is 4.35. The van der Waals surface area contributed by atoms with Crippen molar-refractivity contribution in [3.05, 3.63) is 36.7 Å². The van der Waals surface area contributed by atoms with Gasteiger partial charge in [-0.3, -0.25) is 0 Å². The molecule has 0 aromatic carbocycles. The van der Waals surface area contributed by atoms with Gasteiger partial charge in [0.05, 0.1) is 6.33 Å². The summed E-state index contributed by atoms with van der Waals surface area (Å²) in [7, 11) is 0. The molecule has 0 fully saturated rings. The van der Waals surface area contributed by atoms with E-state index in [-0.39, 0.29) is 0 Å². The molecule has 0 aliphatic carbocycles. The topological polar surface area (TPSA) is 0 Å². The van der Waals surface area contributed by atoms with Crippen molar-refractivity contribution in [3.8, 4) is 0 Å². The van der Waals surface area contributed by atoms with Crippen LogP contribution in [0.2, 0.25) is 0 Å². The Bertz CT molecular complexity index is 132. The molecule has 0 amide bonds. The predicted octanol–water partition coefficient (Wildman–Crippen LogP) is 2.99. The number of allylic oxidation sites excluding steroid dienone is 4. The van der Waals surface area contributed by atoms with Crippen LogP contribution < -0.4 is 0 Å². The lowest BCUT2D eigenvalue weighted by Gasteiger charge is -1.89. The largest absolute Gasteiger partial charge is 0.216 e. The third kappa shape index (κ3) is 3.71. The lowest BCUT2D eigenvalue weighted by molar-refractivity contribution is 0.719. The average Bonchev–Trinajstić information content (AvgIpc) is 1.88. The van der Waals surface area contributed by atoms with Crippen molar-refractivity contribution in [2.24, 2.45) is 0 Å². The van der Waals surface area contributed by atoms with E-state index in [1.165, 1.54) is 6.08 Å². The van der Waals surface area contributed by atoms with Gasteiger partial charge >= 0.3 is 0 Å². The quantitative estimate of drug-likeness (QED) is 0.510. The average molecular weight is 126 g/mol. The van der Waals surface area contributed by atoms with Crippen LogP contribution >= 0.6 is 0 Å². The van der Waals surface area contributed by atoms with Crippen molar-refractivity contribution >= 4 is 0 Å². The third-order valence-electron chi connectivity index (χ3n) is 1.02. The molecule has 0 aromatic heterocycles. The van der Waals surface area contributed by atoms with Crippen LogP contribution in [0.3, 0.4) is 0 Å². The molecule has 1 heteroatoms. The van der Waals surface area contributed by atoms with Crippen LogP contribution in [-0.2, 0) is 0 Å². The molecule has 0 saturated carbocycles. The second-order valence-corrected chi connectivity index (χ2v) is 1.62. The number of rotatable bonds is 3. The second kappa shape index (κ2) is 5.29. The van der Waals surface area contributed by atoms with Gasteiger partial charge in [0.1, 0.15) is 0 Å². The van der Waals surface area contributed by atoms with E-state index < -0.39 is 0 Å². The standard InChI is InChI=1S/C8H11F/c1-3-5-8(4-2)6-7-9/h3,5-7H,1,4H2,2H3/b7-6-,8-5-. The van der Waals surface area contributed by atoms with Gasteiger partial charge in [0.2, 0.25) is 0 Å². The normalized spacial score (nSPS) is 12.4. The highest BCUT2D eigenvalue weighted by molar-refractivity contribution is 5.21. The second-order valence-electron chi connectivity index (χ2n) is 1.62. The van der Waals surface area contributed by atoms with Crippen LogP contribution in [0.5, 0.6) is 0 Å². The predicted molar refractivity (Wildman–Crippen MR) is 38.8 cm³/mol. The summed E-state index contributed by atoms with van der Waals surface area (Å²) in [6, 6.07) is 0. The lowest BCUT2D eigenvalue weighted by Crippen LogP contribution is -1.70. The molecule has 0 saturated heterocycles. The van der Waals surface area contributed by atoms with E-state index in [4.69, 9.17) is 0 Å². The number of hydrogen-bond donors (Lipinski definition) is 0. The maximum atomic E-state index is 11.5. The summed E-state index contributed by atoms with van der Waals surface area (Å²) in [5.74, 6) is 0. The van der Waals surface area contributed by atoms with Gasteiger partial charge in [-0.1, -0.05) is 25.7 Å². The van der Waals surface area contributed by atoms with Crippen molar-refractivity contribution < 1.29 is 4.39 Å². The summed E-state index contributed by atoms with van der Waals surface area (Å²) >= 11 is 0. The Labute approximate surface area is 55.4 Å². The number of hydrogen-bond acceptors (Lipinski definition) is 0. The Kier molecular flexibility index (Phi) is 4.79. The molecular formula is C8H11F. The molecule has 9 heavy (non-hydrogen) atoms. The first kappa shape index (κ1) is 8.15. The fraction of sp³-hybridized carbons (Fsp3) is 0.250. The third-order valence-corrected chi connectivity index (χ3v) is 1.02. The molecule has 0 N–H and O–H groups in total. The van der Waals surface area contributed by atoms with Crippen molar-refractivity contribution in [2.45, 2.75) is 13.3 Å². The Hall–Kier alpha value is -0.850. The molecule has 0 aliphatic rings. The van der Waals surface area contributed by atoms with E-state index in [1.807, 2.05) is 6.92 Å². The van der Waals surface area contributed by atoms with Gasteiger partial charge in [-0.15, -0.1) is 0 Å². The molecule has 0 aliphatic heterocycles. The monoisotopic (exact) mass is 126 g/mol. The summed E-state index contributed by atoms with van der Waals surface area (Å²) < 4.78 is 11.5. The fourth-order valence-electron chi connectivity index (χ4n) is 0.524. The summed E-state index contributed by atoms with van der Waals surface area (Å²) in [6.45, 7) is 5.47. The van der Waals surface area contributed by atoms with Crippen molar-refractivity contribution in [3.63, 3.8) is 0 Å². The molecule has 0 unspecified atom stereocenters. The summed E-state index contributed by atoms with van der Waals surface area (Å²) in [5.41, 5.74) is 0.951. The highest BCUT2D eigenvalue weighted by atomic mass is 19.1. The summed E-state index contributed by atoms with van der Waals surface area (Å²) in [4.78, 5) is 0. The molecule has 0 nitrogen and oxygen atoms in total. The van der Waals surface area contributed by atoms with Crippen molar-refractivity contribution in [1.82, 2.24) is 0 Å². The first-order valence-corrected chi connectivity index (χ1v) is 2.93. The van der Waals surface area contributed by atoms with Gasteiger partial charge in [-0.05, 0) is 18.1 Å². The van der Waals surface area contributed by atoms with Crippen LogP contribution in [0.4, 0.5) is 4.39 Å². The SMILES string of the molecule is C=C/C=C(\C=C/F)CC. The van der Waals surface area contributed by atoms with Crippen LogP contribution in [0.15, 0.2) is 36.7 Å². The van der Waals surface area contributed by atoms with Gasteiger partial charge in [-0.2, -0.15) is 0 Å². The van der Waals surface area contributed by atoms with E-state index in [2.05, 4.69) is 6.58 Å². The molecule has 50 valence electrons. The van der Waals surface area contributed by atoms with E-state index in [0.717, 1.165) is 12.0 Å². The van der Waals surface area contributed by atoms with E-state index in [9.17, 15) is 4.39 Å². The number of halogens is 1. The van der Waals surface area contributed by atoms with Gasteiger partial charge in [0.25, 0.3) is 0 Å². The van der Waals surface area contributed by atoms with Crippen LogP contribution in [0.25, 0.3) is 0 Å². The van der Waals surface area contributed by atoms with Gasteiger partial charge < -0.3 is 0 Å². The highest BCUT2D eigenvalue weighted by Gasteiger charge is 1.82. The Balaban J connectivity index is 3.96. The minimum absolute atomic E-state index is 0.541. The van der Waals surface area contributed by atoms with Crippen LogP contribution in [-0.4, -0.2) is 0 Å². The molecule has 0 rings (SSSR count). The Morgan fingerprint density at radius 3 is 2.67 bits per heavy atom.